The van der Waals surface area contributed by atoms with E-state index in [1.54, 1.807) is 13.8 Å². The Morgan fingerprint density at radius 3 is 2.17 bits per heavy atom. The van der Waals surface area contributed by atoms with E-state index in [1.165, 1.54) is 30.1 Å². The Kier molecular flexibility index (Phi) is 9.41. The van der Waals surface area contributed by atoms with E-state index in [-0.39, 0.29) is 36.0 Å². The molecular weight excluding hydrogens is 543 g/mol. The van der Waals surface area contributed by atoms with E-state index in [0.29, 0.717) is 42.5 Å². The van der Waals surface area contributed by atoms with E-state index >= 15 is 0 Å². The van der Waals surface area contributed by atoms with Crippen molar-refractivity contribution in [3.63, 3.8) is 0 Å². The predicted octanol–water partition coefficient (Wildman–Crippen LogP) is 7.09. The summed E-state index contributed by atoms with van der Waals surface area (Å²) in [6.07, 6.45) is -8.69. The molecule has 0 radical (unpaired) electrons. The molecule has 40 heavy (non-hydrogen) atoms. The Hall–Kier alpha value is -3.31. The number of rotatable bonds is 6. The maximum absolute atomic E-state index is 13.8. The van der Waals surface area contributed by atoms with Crippen LogP contribution in [0.25, 0.3) is 0 Å². The molecule has 1 heterocycles. The molecule has 0 bridgehead atoms. The maximum Gasteiger partial charge on any atom is 0.416 e. The molecule has 1 saturated heterocycles. The zero-order valence-electron chi connectivity index (χ0n) is 22.6. The maximum atomic E-state index is 13.8. The average Bonchev–Trinajstić information content (AvgIpc) is 2.86. The highest BCUT2D eigenvalue weighted by molar-refractivity contribution is 5.79. The zero-order valence-corrected chi connectivity index (χ0v) is 22.6. The SMILES string of the molecule is CCC(C)C(=O)N[C@H]1CCN(C(=O)N(C)Cc2cc(C(F)(F)F)cc(C(F)(F)F)c2)[C@@H](c2ccc(F)cc2C)C1. The van der Waals surface area contributed by atoms with Gasteiger partial charge < -0.3 is 15.1 Å². The lowest BCUT2D eigenvalue weighted by Crippen LogP contribution is -2.51. The number of nitrogens with one attached hydrogen (secondary N) is 1. The third-order valence-corrected chi connectivity index (χ3v) is 7.24. The van der Waals surface area contributed by atoms with Gasteiger partial charge in [0.25, 0.3) is 0 Å². The van der Waals surface area contributed by atoms with Crippen LogP contribution in [0.5, 0.6) is 0 Å². The van der Waals surface area contributed by atoms with Gasteiger partial charge in [-0.2, -0.15) is 26.3 Å². The molecule has 1 aliphatic heterocycles. The zero-order chi connectivity index (χ0) is 30.0. The molecule has 12 heteroatoms. The van der Waals surface area contributed by atoms with Crippen LogP contribution in [0, 0.1) is 18.7 Å². The van der Waals surface area contributed by atoms with Gasteiger partial charge >= 0.3 is 18.4 Å². The highest BCUT2D eigenvalue weighted by Gasteiger charge is 2.38. The van der Waals surface area contributed by atoms with Crippen molar-refractivity contribution in [2.24, 2.45) is 5.92 Å². The van der Waals surface area contributed by atoms with Crippen molar-refractivity contribution in [2.75, 3.05) is 13.6 Å². The molecule has 3 atom stereocenters. The monoisotopic (exact) mass is 575 g/mol. The number of halogens is 7. The van der Waals surface area contributed by atoms with Crippen LogP contribution in [0.3, 0.4) is 0 Å². The van der Waals surface area contributed by atoms with Crippen LogP contribution in [0.15, 0.2) is 36.4 Å². The molecular formula is C28H32F7N3O2. The van der Waals surface area contributed by atoms with Crippen molar-refractivity contribution in [1.82, 2.24) is 15.1 Å². The van der Waals surface area contributed by atoms with E-state index in [9.17, 15) is 40.3 Å². The first-order chi connectivity index (χ1) is 18.5. The highest BCUT2D eigenvalue weighted by atomic mass is 19.4. The minimum absolute atomic E-state index is 0.0388. The van der Waals surface area contributed by atoms with Crippen molar-refractivity contribution in [3.05, 3.63) is 70.0 Å². The second-order valence-electron chi connectivity index (χ2n) is 10.3. The number of alkyl halides is 6. The standard InChI is InChI=1S/C28H32F7N3O2/c1-5-16(2)25(39)36-22-8-9-38(24(14-22)23-7-6-21(29)10-17(23)3)26(40)37(4)15-18-11-19(27(30,31)32)13-20(12-18)28(33,34)35/h6-7,10-13,16,22,24H,5,8-9,14-15H2,1-4H3,(H,36,39)/t16?,22-,24+/m0/s1. The number of benzene rings is 2. The smallest absolute Gasteiger partial charge is 0.353 e. The molecule has 0 aliphatic carbocycles. The van der Waals surface area contributed by atoms with Gasteiger partial charge in [0.05, 0.1) is 17.2 Å². The predicted molar refractivity (Wildman–Crippen MR) is 135 cm³/mol. The van der Waals surface area contributed by atoms with Gasteiger partial charge in [0.2, 0.25) is 5.91 Å². The second-order valence-corrected chi connectivity index (χ2v) is 10.3. The third-order valence-electron chi connectivity index (χ3n) is 7.24. The molecule has 1 unspecified atom stereocenters. The lowest BCUT2D eigenvalue weighted by Gasteiger charge is -2.42. The minimum Gasteiger partial charge on any atom is -0.353 e. The summed E-state index contributed by atoms with van der Waals surface area (Å²) in [7, 11) is 1.29. The lowest BCUT2D eigenvalue weighted by molar-refractivity contribution is -0.143. The molecule has 1 N–H and O–H groups in total. The number of piperidine rings is 1. The van der Waals surface area contributed by atoms with Gasteiger partial charge in [0.15, 0.2) is 0 Å². The van der Waals surface area contributed by atoms with E-state index in [4.69, 9.17) is 0 Å². The topological polar surface area (TPSA) is 52.7 Å². The fourth-order valence-corrected chi connectivity index (χ4v) is 4.83. The first-order valence-electron chi connectivity index (χ1n) is 12.9. The molecule has 2 aromatic rings. The number of urea groups is 1. The summed E-state index contributed by atoms with van der Waals surface area (Å²) in [4.78, 5) is 28.6. The summed E-state index contributed by atoms with van der Waals surface area (Å²) in [6, 6.07) is 3.80. The first kappa shape index (κ1) is 31.2. The van der Waals surface area contributed by atoms with Gasteiger partial charge in [-0.15, -0.1) is 0 Å². The summed E-state index contributed by atoms with van der Waals surface area (Å²) < 4.78 is 93.7. The highest BCUT2D eigenvalue weighted by Crippen LogP contribution is 2.37. The van der Waals surface area contributed by atoms with Gasteiger partial charge in [0.1, 0.15) is 5.82 Å². The molecule has 5 nitrogen and oxygen atoms in total. The fraction of sp³-hybridized carbons (Fsp3) is 0.500. The molecule has 1 fully saturated rings. The third kappa shape index (κ3) is 7.45. The van der Waals surface area contributed by atoms with Crippen molar-refractivity contribution in [1.29, 1.82) is 0 Å². The summed E-state index contributed by atoms with van der Waals surface area (Å²) >= 11 is 0. The van der Waals surface area contributed by atoms with Crippen LogP contribution in [-0.2, 0) is 23.7 Å². The number of hydrogen-bond acceptors (Lipinski definition) is 2. The molecule has 220 valence electrons. The molecule has 0 saturated carbocycles. The van der Waals surface area contributed by atoms with Crippen LogP contribution in [0.2, 0.25) is 0 Å². The van der Waals surface area contributed by atoms with Gasteiger partial charge in [0, 0.05) is 32.1 Å². The Morgan fingerprint density at radius 2 is 1.65 bits per heavy atom. The van der Waals surface area contributed by atoms with Gasteiger partial charge in [-0.1, -0.05) is 19.9 Å². The molecule has 2 aromatic carbocycles. The molecule has 3 rings (SSSR count). The Labute approximate surface area is 228 Å². The summed E-state index contributed by atoms with van der Waals surface area (Å²) in [5.74, 6) is -0.825. The van der Waals surface area contributed by atoms with Crippen LogP contribution in [-0.4, -0.2) is 41.4 Å². The molecule has 0 aromatic heterocycles. The van der Waals surface area contributed by atoms with E-state index < -0.39 is 47.9 Å². The lowest BCUT2D eigenvalue weighted by atomic mass is 9.89. The van der Waals surface area contributed by atoms with Crippen molar-refractivity contribution in [3.8, 4) is 0 Å². The average molecular weight is 576 g/mol. The van der Waals surface area contributed by atoms with Gasteiger partial charge in [-0.3, -0.25) is 4.79 Å². The fourth-order valence-electron chi connectivity index (χ4n) is 4.83. The summed E-state index contributed by atoms with van der Waals surface area (Å²) in [5.41, 5.74) is -2.06. The molecule has 1 aliphatic rings. The van der Waals surface area contributed by atoms with Gasteiger partial charge in [-0.25, -0.2) is 9.18 Å². The summed E-state index contributed by atoms with van der Waals surface area (Å²) in [6.45, 7) is 5.00. The number of hydrogen-bond donors (Lipinski definition) is 1. The van der Waals surface area contributed by atoms with Crippen LogP contribution in [0.4, 0.5) is 35.5 Å². The van der Waals surface area contributed by atoms with Gasteiger partial charge in [-0.05, 0) is 73.2 Å². The number of carbonyl (C=O) groups is 2. The molecule has 3 amide bonds. The van der Waals surface area contributed by atoms with Crippen LogP contribution < -0.4 is 5.32 Å². The van der Waals surface area contributed by atoms with E-state index in [1.807, 2.05) is 6.92 Å². The number of aryl methyl sites for hydroxylation is 1. The largest absolute Gasteiger partial charge is 0.416 e. The van der Waals surface area contributed by atoms with E-state index in [0.717, 1.165) is 4.90 Å². The second kappa shape index (κ2) is 12.1. The number of nitrogens with zero attached hydrogens (tertiary/aromatic N) is 2. The van der Waals surface area contributed by atoms with Crippen LogP contribution >= 0.6 is 0 Å². The minimum atomic E-state index is -5.01. The van der Waals surface area contributed by atoms with Crippen molar-refractivity contribution >= 4 is 11.9 Å². The van der Waals surface area contributed by atoms with Crippen molar-refractivity contribution < 1.29 is 40.3 Å². The summed E-state index contributed by atoms with van der Waals surface area (Å²) in [5, 5.41) is 2.99. The molecule has 0 spiro atoms. The van der Waals surface area contributed by atoms with Crippen LogP contribution in [0.1, 0.15) is 67.0 Å². The number of likely N-dealkylation sites (tertiary alicyclic amines) is 1. The number of amides is 3. The Balaban J connectivity index is 1.90. The normalized spacial score (nSPS) is 18.8. The first-order valence-corrected chi connectivity index (χ1v) is 12.9. The van der Waals surface area contributed by atoms with E-state index in [2.05, 4.69) is 5.32 Å². The Morgan fingerprint density at radius 1 is 1.05 bits per heavy atom. The van der Waals surface area contributed by atoms with Crippen molar-refractivity contribution in [2.45, 2.75) is 71.0 Å². The quantitative estimate of drug-likeness (QED) is 0.374. The Bertz CT molecular complexity index is 1200. The number of carbonyl (C=O) groups excluding carboxylic acids is 2.